The number of carbonyl (C=O) groups excluding carboxylic acids is 1. The van der Waals surface area contributed by atoms with Crippen molar-refractivity contribution in [3.8, 4) is 10.8 Å². The molecule has 1 fully saturated rings. The molecule has 1 N–H and O–H groups in total. The molecule has 1 aliphatic rings. The first-order valence-electron chi connectivity index (χ1n) is 9.58. The van der Waals surface area contributed by atoms with Crippen LogP contribution in [0.25, 0.3) is 21.0 Å². The lowest BCUT2D eigenvalue weighted by Gasteiger charge is -2.23. The van der Waals surface area contributed by atoms with Crippen LogP contribution in [0.1, 0.15) is 48.7 Å². The number of thiazole rings is 1. The van der Waals surface area contributed by atoms with E-state index in [4.69, 9.17) is 4.42 Å². The van der Waals surface area contributed by atoms with Crippen molar-refractivity contribution in [1.29, 1.82) is 0 Å². The van der Waals surface area contributed by atoms with E-state index in [-0.39, 0.29) is 11.7 Å². The number of carbonyl (C=O) groups is 1. The summed E-state index contributed by atoms with van der Waals surface area (Å²) in [5.74, 6) is 1.32. The molecule has 1 saturated carbocycles. The van der Waals surface area contributed by atoms with Gasteiger partial charge in [-0.25, -0.2) is 9.67 Å². The summed E-state index contributed by atoms with van der Waals surface area (Å²) in [4.78, 5) is 17.3. The Bertz CT molecular complexity index is 1090. The number of anilines is 1. The maximum absolute atomic E-state index is 12.7. The molecule has 4 aromatic rings. The summed E-state index contributed by atoms with van der Waals surface area (Å²) in [6.45, 7) is 0. The van der Waals surface area contributed by atoms with Gasteiger partial charge in [0, 0.05) is 6.07 Å². The molecule has 0 spiro atoms. The SMILES string of the molecule is O=C(Nc1ccnn1C1CCCCC1)c1ccc(-c2nc3ccccc3s2)o1. The Morgan fingerprint density at radius 1 is 1.11 bits per heavy atom. The Labute approximate surface area is 166 Å². The second kappa shape index (κ2) is 7.24. The average Bonchev–Trinajstić information content (AvgIpc) is 3.47. The van der Waals surface area contributed by atoms with Crippen LogP contribution < -0.4 is 5.32 Å². The number of hydrogen-bond acceptors (Lipinski definition) is 5. The zero-order valence-corrected chi connectivity index (χ0v) is 16.1. The van der Waals surface area contributed by atoms with Gasteiger partial charge in [0.2, 0.25) is 0 Å². The Morgan fingerprint density at radius 2 is 1.96 bits per heavy atom. The van der Waals surface area contributed by atoms with Gasteiger partial charge in [-0.05, 0) is 37.1 Å². The van der Waals surface area contributed by atoms with Gasteiger partial charge in [-0.2, -0.15) is 5.10 Å². The predicted molar refractivity (Wildman–Crippen MR) is 110 cm³/mol. The largest absolute Gasteiger partial charge is 0.448 e. The van der Waals surface area contributed by atoms with Crippen molar-refractivity contribution in [2.24, 2.45) is 0 Å². The molecule has 0 unspecified atom stereocenters. The van der Waals surface area contributed by atoms with Crippen LogP contribution in [0.4, 0.5) is 5.82 Å². The number of para-hydroxylation sites is 1. The number of nitrogens with one attached hydrogen (secondary N) is 1. The molecular weight excluding hydrogens is 372 g/mol. The quantitative estimate of drug-likeness (QED) is 0.497. The molecule has 142 valence electrons. The van der Waals surface area contributed by atoms with E-state index in [0.717, 1.165) is 33.9 Å². The zero-order chi connectivity index (χ0) is 18.9. The van der Waals surface area contributed by atoms with Gasteiger partial charge in [-0.1, -0.05) is 31.4 Å². The van der Waals surface area contributed by atoms with E-state index in [9.17, 15) is 4.79 Å². The molecule has 0 atom stereocenters. The number of aromatic nitrogens is 3. The van der Waals surface area contributed by atoms with Crippen molar-refractivity contribution in [3.05, 3.63) is 54.4 Å². The van der Waals surface area contributed by atoms with E-state index < -0.39 is 0 Å². The van der Waals surface area contributed by atoms with Crippen LogP contribution in [-0.4, -0.2) is 20.7 Å². The Kier molecular flexibility index (Phi) is 4.44. The molecule has 1 aliphatic carbocycles. The minimum atomic E-state index is -0.273. The fraction of sp³-hybridized carbons (Fsp3) is 0.286. The van der Waals surface area contributed by atoms with Gasteiger partial charge in [-0.3, -0.25) is 4.79 Å². The maximum Gasteiger partial charge on any atom is 0.292 e. The molecule has 6 nitrogen and oxygen atoms in total. The van der Waals surface area contributed by atoms with Crippen LogP contribution in [0.2, 0.25) is 0 Å². The lowest BCUT2D eigenvalue weighted by Crippen LogP contribution is -2.20. The molecule has 0 saturated heterocycles. The van der Waals surface area contributed by atoms with E-state index in [0.29, 0.717) is 11.8 Å². The minimum Gasteiger partial charge on any atom is -0.448 e. The number of nitrogens with zero attached hydrogens (tertiary/aromatic N) is 3. The first-order valence-corrected chi connectivity index (χ1v) is 10.4. The molecule has 3 heterocycles. The fourth-order valence-electron chi connectivity index (χ4n) is 3.76. The normalized spacial score (nSPS) is 15.1. The van der Waals surface area contributed by atoms with Gasteiger partial charge >= 0.3 is 0 Å². The Balaban J connectivity index is 1.35. The van der Waals surface area contributed by atoms with Crippen molar-refractivity contribution in [2.75, 3.05) is 5.32 Å². The summed E-state index contributed by atoms with van der Waals surface area (Å²) in [6, 6.07) is 13.6. The molecule has 1 amide bonds. The van der Waals surface area contributed by atoms with Crippen molar-refractivity contribution < 1.29 is 9.21 Å². The lowest BCUT2D eigenvalue weighted by molar-refractivity contribution is 0.0996. The summed E-state index contributed by atoms with van der Waals surface area (Å²) in [7, 11) is 0. The number of amides is 1. The summed E-state index contributed by atoms with van der Waals surface area (Å²) < 4.78 is 8.83. The first-order chi connectivity index (χ1) is 13.8. The predicted octanol–water partition coefficient (Wildman–Crippen LogP) is 5.51. The Morgan fingerprint density at radius 3 is 2.82 bits per heavy atom. The molecule has 0 bridgehead atoms. The third-order valence-corrected chi connectivity index (χ3v) is 6.22. The highest BCUT2D eigenvalue weighted by atomic mass is 32.1. The number of fused-ring (bicyclic) bond motifs is 1. The molecule has 7 heteroatoms. The van der Waals surface area contributed by atoms with Crippen LogP contribution in [0, 0.1) is 0 Å². The molecule has 28 heavy (non-hydrogen) atoms. The summed E-state index contributed by atoms with van der Waals surface area (Å²) in [5, 5.41) is 8.14. The van der Waals surface area contributed by atoms with Gasteiger partial charge < -0.3 is 9.73 Å². The van der Waals surface area contributed by atoms with E-state index in [1.807, 2.05) is 35.0 Å². The van der Waals surface area contributed by atoms with Gasteiger partial charge in [0.05, 0.1) is 22.5 Å². The zero-order valence-electron chi connectivity index (χ0n) is 15.3. The molecule has 0 radical (unpaired) electrons. The lowest BCUT2D eigenvalue weighted by atomic mass is 9.96. The van der Waals surface area contributed by atoms with E-state index in [1.165, 1.54) is 19.3 Å². The summed E-state index contributed by atoms with van der Waals surface area (Å²) >= 11 is 1.55. The van der Waals surface area contributed by atoms with Crippen molar-refractivity contribution in [3.63, 3.8) is 0 Å². The third-order valence-electron chi connectivity index (χ3n) is 5.17. The van der Waals surface area contributed by atoms with Gasteiger partial charge in [0.15, 0.2) is 16.5 Å². The van der Waals surface area contributed by atoms with E-state index in [2.05, 4.69) is 15.4 Å². The van der Waals surface area contributed by atoms with Gasteiger partial charge in [0.1, 0.15) is 5.82 Å². The number of rotatable bonds is 4. The van der Waals surface area contributed by atoms with Gasteiger partial charge in [0.25, 0.3) is 5.91 Å². The second-order valence-corrected chi connectivity index (χ2v) is 8.09. The molecule has 5 rings (SSSR count). The highest BCUT2D eigenvalue weighted by Crippen LogP contribution is 2.32. The van der Waals surface area contributed by atoms with Crippen LogP contribution in [-0.2, 0) is 0 Å². The number of benzene rings is 1. The van der Waals surface area contributed by atoms with Crippen LogP contribution in [0.15, 0.2) is 53.1 Å². The second-order valence-electron chi connectivity index (χ2n) is 7.06. The number of hydrogen-bond donors (Lipinski definition) is 1. The standard InChI is InChI=1S/C21H20N4O2S/c26-20(24-19-12-13-22-25(19)14-6-2-1-3-7-14)16-10-11-17(27-16)21-23-15-8-4-5-9-18(15)28-21/h4-5,8-14H,1-3,6-7H2,(H,24,26). The smallest absolute Gasteiger partial charge is 0.292 e. The van der Waals surface area contributed by atoms with E-state index in [1.54, 1.807) is 29.7 Å². The Hall–Kier alpha value is -2.93. The van der Waals surface area contributed by atoms with Crippen molar-refractivity contribution in [2.45, 2.75) is 38.1 Å². The molecule has 3 aromatic heterocycles. The molecule has 0 aliphatic heterocycles. The maximum atomic E-state index is 12.7. The molecular formula is C21H20N4O2S. The monoisotopic (exact) mass is 392 g/mol. The third kappa shape index (κ3) is 3.22. The van der Waals surface area contributed by atoms with Crippen molar-refractivity contribution >= 4 is 33.3 Å². The topological polar surface area (TPSA) is 73.0 Å². The first kappa shape index (κ1) is 17.2. The highest BCUT2D eigenvalue weighted by molar-refractivity contribution is 7.21. The molecule has 1 aromatic carbocycles. The highest BCUT2D eigenvalue weighted by Gasteiger charge is 2.21. The average molecular weight is 392 g/mol. The van der Waals surface area contributed by atoms with Crippen molar-refractivity contribution in [1.82, 2.24) is 14.8 Å². The minimum absolute atomic E-state index is 0.269. The van der Waals surface area contributed by atoms with Crippen LogP contribution in [0.5, 0.6) is 0 Å². The van der Waals surface area contributed by atoms with Crippen LogP contribution >= 0.6 is 11.3 Å². The van der Waals surface area contributed by atoms with Gasteiger partial charge in [-0.15, -0.1) is 11.3 Å². The van der Waals surface area contributed by atoms with Crippen LogP contribution in [0.3, 0.4) is 0 Å². The summed E-state index contributed by atoms with van der Waals surface area (Å²) in [5.41, 5.74) is 0.932. The fourth-order valence-corrected chi connectivity index (χ4v) is 4.69. The van der Waals surface area contributed by atoms with E-state index >= 15 is 0 Å². The number of furan rings is 1. The summed E-state index contributed by atoms with van der Waals surface area (Å²) in [6.07, 6.45) is 7.64.